The molecule has 1 aromatic rings. The number of carbonyl (C=O) groups is 2. The van der Waals surface area contributed by atoms with Gasteiger partial charge in [0.05, 0.1) is 6.07 Å². The van der Waals surface area contributed by atoms with Crippen LogP contribution in [0, 0.1) is 10.1 Å². The van der Waals surface area contributed by atoms with E-state index >= 15 is 0 Å². The topological polar surface area (TPSA) is 109 Å². The molecule has 0 bridgehead atoms. The molecule has 1 saturated heterocycles. The van der Waals surface area contributed by atoms with Gasteiger partial charge in [0.15, 0.2) is 0 Å². The lowest BCUT2D eigenvalue weighted by Gasteiger charge is -2.32. The second-order valence-electron chi connectivity index (χ2n) is 4.89. The van der Waals surface area contributed by atoms with E-state index in [1.807, 2.05) is 0 Å². The number of rotatable bonds is 2. The fraction of sp³-hybridized carbons (Fsp3) is 0.385. The van der Waals surface area contributed by atoms with Gasteiger partial charge in [-0.1, -0.05) is 0 Å². The largest absolute Gasteiger partial charge is 0.433 e. The maximum absolute atomic E-state index is 11.9. The molecule has 0 N–H and O–H groups in total. The van der Waals surface area contributed by atoms with Crippen LogP contribution in [0.3, 0.4) is 0 Å². The average molecular weight is 293 g/mol. The highest BCUT2D eigenvalue weighted by molar-refractivity contribution is 6.18. The van der Waals surface area contributed by atoms with Crippen molar-refractivity contribution in [2.24, 2.45) is 0 Å². The van der Waals surface area contributed by atoms with Crippen molar-refractivity contribution in [2.45, 2.75) is 31.5 Å². The van der Waals surface area contributed by atoms with Gasteiger partial charge in [-0.05, 0) is 18.9 Å². The van der Waals surface area contributed by atoms with Crippen molar-refractivity contribution in [3.63, 3.8) is 0 Å². The lowest BCUT2D eigenvalue weighted by Crippen LogP contribution is -2.44. The predicted molar refractivity (Wildman–Crippen MR) is 66.7 cm³/mol. The molecule has 0 radical (unpaired) electrons. The summed E-state index contributed by atoms with van der Waals surface area (Å²) >= 11 is 0. The van der Waals surface area contributed by atoms with Crippen LogP contribution in [0.25, 0.3) is 6.08 Å². The summed E-state index contributed by atoms with van der Waals surface area (Å²) in [4.78, 5) is 33.7. The molecule has 1 aliphatic heterocycles. The zero-order chi connectivity index (χ0) is 15.0. The van der Waals surface area contributed by atoms with Gasteiger partial charge in [-0.15, -0.1) is 0 Å². The molecule has 3 rings (SSSR count). The van der Waals surface area contributed by atoms with Crippen molar-refractivity contribution >= 4 is 23.9 Å². The van der Waals surface area contributed by atoms with E-state index in [2.05, 4.69) is 0 Å². The van der Waals surface area contributed by atoms with E-state index in [4.69, 9.17) is 13.9 Å². The summed E-state index contributed by atoms with van der Waals surface area (Å²) in [6.45, 7) is 0. The van der Waals surface area contributed by atoms with Crippen LogP contribution < -0.4 is 0 Å². The summed E-state index contributed by atoms with van der Waals surface area (Å²) < 4.78 is 15.3. The van der Waals surface area contributed by atoms with Crippen molar-refractivity contribution < 1.29 is 28.4 Å². The van der Waals surface area contributed by atoms with Crippen LogP contribution in [-0.2, 0) is 19.1 Å². The molecule has 2 fully saturated rings. The third-order valence-electron chi connectivity index (χ3n) is 3.44. The van der Waals surface area contributed by atoms with Gasteiger partial charge in [-0.3, -0.25) is 10.1 Å². The molecule has 1 spiro atoms. The van der Waals surface area contributed by atoms with Crippen molar-refractivity contribution in [2.75, 3.05) is 0 Å². The summed E-state index contributed by atoms with van der Waals surface area (Å²) in [6, 6.07) is 2.41. The molecular formula is C13H11NO7. The minimum atomic E-state index is -1.14. The van der Waals surface area contributed by atoms with E-state index in [0.717, 1.165) is 25.0 Å². The maximum atomic E-state index is 11.9. The Morgan fingerprint density at radius 1 is 1.14 bits per heavy atom. The number of hydrogen-bond acceptors (Lipinski definition) is 7. The SMILES string of the molecule is O=C1OC2(CCCC2)OC(=O)C1=Cc1ccc([N+](=O)[O-])o1. The lowest BCUT2D eigenvalue weighted by molar-refractivity contribution is -0.402. The van der Waals surface area contributed by atoms with Gasteiger partial charge in [-0.2, -0.15) is 0 Å². The number of nitrogens with zero attached hydrogens (tertiary/aromatic N) is 1. The van der Waals surface area contributed by atoms with Crippen molar-refractivity contribution in [1.82, 2.24) is 0 Å². The van der Waals surface area contributed by atoms with Gasteiger partial charge < -0.3 is 13.9 Å². The molecule has 0 atom stereocenters. The van der Waals surface area contributed by atoms with Crippen LogP contribution in [0.5, 0.6) is 0 Å². The van der Waals surface area contributed by atoms with Gasteiger partial charge in [0.25, 0.3) is 5.79 Å². The Morgan fingerprint density at radius 3 is 2.29 bits per heavy atom. The van der Waals surface area contributed by atoms with Gasteiger partial charge in [0.2, 0.25) is 0 Å². The molecule has 0 unspecified atom stereocenters. The highest BCUT2D eigenvalue weighted by Crippen LogP contribution is 2.38. The van der Waals surface area contributed by atoms with Gasteiger partial charge in [0.1, 0.15) is 16.3 Å². The monoisotopic (exact) mass is 293 g/mol. The maximum Gasteiger partial charge on any atom is 0.433 e. The highest BCUT2D eigenvalue weighted by atomic mass is 16.7. The number of nitro groups is 1. The molecule has 8 nitrogen and oxygen atoms in total. The zero-order valence-electron chi connectivity index (χ0n) is 10.9. The van der Waals surface area contributed by atoms with Crippen molar-refractivity contribution in [1.29, 1.82) is 0 Å². The standard InChI is InChI=1S/C13H11NO7/c15-11-9(7-8-3-4-10(19-8)14(17)18)12(16)21-13(20-11)5-1-2-6-13/h3-4,7H,1-2,5-6H2. The number of furan rings is 1. The van der Waals surface area contributed by atoms with Gasteiger partial charge in [-0.25, -0.2) is 9.59 Å². The Morgan fingerprint density at radius 2 is 1.76 bits per heavy atom. The van der Waals surface area contributed by atoms with Crippen LogP contribution in [0.1, 0.15) is 31.4 Å². The molecule has 2 heterocycles. The number of carbonyl (C=O) groups excluding carboxylic acids is 2. The summed E-state index contributed by atoms with van der Waals surface area (Å²) in [5.74, 6) is -3.21. The fourth-order valence-electron chi connectivity index (χ4n) is 2.45. The molecule has 2 aliphatic rings. The molecule has 0 amide bonds. The minimum Gasteiger partial charge on any atom is -0.419 e. The number of hydrogen-bond donors (Lipinski definition) is 0. The second kappa shape index (κ2) is 4.72. The van der Waals surface area contributed by atoms with E-state index in [1.165, 1.54) is 6.07 Å². The predicted octanol–water partition coefficient (Wildman–Crippen LogP) is 1.94. The average Bonchev–Trinajstić information content (AvgIpc) is 3.04. The molecular weight excluding hydrogens is 282 g/mol. The van der Waals surface area contributed by atoms with Gasteiger partial charge in [0, 0.05) is 18.9 Å². The van der Waals surface area contributed by atoms with Crippen LogP contribution in [0.2, 0.25) is 0 Å². The minimum absolute atomic E-state index is 0.00738. The summed E-state index contributed by atoms with van der Waals surface area (Å²) in [6.07, 6.45) is 3.71. The molecule has 21 heavy (non-hydrogen) atoms. The molecule has 110 valence electrons. The van der Waals surface area contributed by atoms with Crippen LogP contribution >= 0.6 is 0 Å². The smallest absolute Gasteiger partial charge is 0.419 e. The first kappa shape index (κ1) is 13.3. The van der Waals surface area contributed by atoms with Crippen LogP contribution in [0.15, 0.2) is 22.1 Å². The molecule has 0 aromatic carbocycles. The van der Waals surface area contributed by atoms with E-state index in [9.17, 15) is 19.7 Å². The van der Waals surface area contributed by atoms with Crippen LogP contribution in [0.4, 0.5) is 5.88 Å². The van der Waals surface area contributed by atoms with Gasteiger partial charge >= 0.3 is 17.8 Å². The first-order valence-electron chi connectivity index (χ1n) is 6.42. The number of ether oxygens (including phenoxy) is 2. The Bertz CT molecular complexity index is 629. The Kier molecular flexibility index (Phi) is 3.00. The van der Waals surface area contributed by atoms with E-state index in [0.29, 0.717) is 12.8 Å². The second-order valence-corrected chi connectivity index (χ2v) is 4.89. The Hall–Kier alpha value is -2.64. The first-order chi connectivity index (χ1) is 9.99. The quantitative estimate of drug-likeness (QED) is 0.269. The lowest BCUT2D eigenvalue weighted by atomic mass is 10.1. The van der Waals surface area contributed by atoms with Crippen molar-refractivity contribution in [3.8, 4) is 0 Å². The molecule has 8 heteroatoms. The van der Waals surface area contributed by atoms with E-state index in [1.54, 1.807) is 0 Å². The summed E-state index contributed by atoms with van der Waals surface area (Å²) in [5.41, 5.74) is -0.336. The molecule has 1 aliphatic carbocycles. The van der Waals surface area contributed by atoms with E-state index in [-0.39, 0.29) is 11.3 Å². The first-order valence-corrected chi connectivity index (χ1v) is 6.42. The fourth-order valence-corrected chi connectivity index (χ4v) is 2.45. The zero-order valence-corrected chi connectivity index (χ0v) is 10.9. The summed E-state index contributed by atoms with van der Waals surface area (Å²) in [5, 5.41) is 10.5. The third kappa shape index (κ3) is 2.39. The van der Waals surface area contributed by atoms with Crippen molar-refractivity contribution in [3.05, 3.63) is 33.6 Å². The van der Waals surface area contributed by atoms with E-state index < -0.39 is 28.5 Å². The Labute approximate surface area is 118 Å². The highest BCUT2D eigenvalue weighted by Gasteiger charge is 2.48. The molecule has 1 aromatic heterocycles. The molecule has 1 saturated carbocycles. The Balaban J connectivity index is 1.85. The third-order valence-corrected chi connectivity index (χ3v) is 3.44. The number of esters is 2. The summed E-state index contributed by atoms with van der Waals surface area (Å²) in [7, 11) is 0. The van der Waals surface area contributed by atoms with Crippen LogP contribution in [-0.4, -0.2) is 22.6 Å². The normalized spacial score (nSPS) is 20.3.